The molecule has 0 heterocycles. The smallest absolute Gasteiger partial charge is 0.00239 e. The molecule has 0 amide bonds. The maximum absolute atomic E-state index is 2.31. The van der Waals surface area contributed by atoms with Crippen molar-refractivity contribution in [2.24, 2.45) is 0 Å². The summed E-state index contributed by atoms with van der Waals surface area (Å²) in [5, 5.41) is 38.2. The zero-order chi connectivity index (χ0) is 78.5. The molecule has 21 aromatic carbocycles. The van der Waals surface area contributed by atoms with Crippen molar-refractivity contribution in [1.29, 1.82) is 0 Å². The molecular formula is C112H102. The molecule has 0 aromatic heterocycles. The highest BCUT2D eigenvalue weighted by Crippen LogP contribution is 2.41. The van der Waals surface area contributed by atoms with Crippen molar-refractivity contribution in [1.82, 2.24) is 0 Å². The number of rotatable bonds is 0. The van der Waals surface area contributed by atoms with Gasteiger partial charge >= 0.3 is 0 Å². The lowest BCUT2D eigenvalue weighted by Gasteiger charge is -2.15. The highest BCUT2D eigenvalue weighted by atomic mass is 14.2. The molecule has 0 radical (unpaired) electrons. The van der Waals surface area contributed by atoms with Gasteiger partial charge in [-0.3, -0.25) is 0 Å². The lowest BCUT2D eigenvalue weighted by Crippen LogP contribution is -1.98. The fraction of sp³-hybridized carbons (Fsp3) is 0.161. The van der Waals surface area contributed by atoms with E-state index in [9.17, 15) is 0 Å². The highest BCUT2D eigenvalue weighted by molar-refractivity contribution is 6.26. The van der Waals surface area contributed by atoms with Gasteiger partial charge in [-0.2, -0.15) is 0 Å². The lowest BCUT2D eigenvalue weighted by molar-refractivity contribution is 1.13. The number of hydrogen-bond donors (Lipinski definition) is 0. The first-order valence-electron chi connectivity index (χ1n) is 39.9. The van der Waals surface area contributed by atoms with Gasteiger partial charge < -0.3 is 0 Å². The normalized spacial score (nSPS) is 11.3. The molecular weight excluding hydrogens is 1350 g/mol. The monoisotopic (exact) mass is 1450 g/mol. The summed E-state index contributed by atoms with van der Waals surface area (Å²) in [6.45, 7) is 39.4. The second kappa shape index (κ2) is 31.3. The number of fused-ring (bicyclic) bond motifs is 9. The van der Waals surface area contributed by atoms with Crippen LogP contribution in [0.2, 0.25) is 0 Å². The van der Waals surface area contributed by atoms with E-state index in [0.29, 0.717) is 0 Å². The Morgan fingerprint density at radius 1 is 0.116 bits per heavy atom. The van der Waals surface area contributed by atoms with Gasteiger partial charge in [0.25, 0.3) is 0 Å². The van der Waals surface area contributed by atoms with E-state index in [1.165, 1.54) is 251 Å². The van der Waals surface area contributed by atoms with Gasteiger partial charge in [0.2, 0.25) is 0 Å². The predicted octanol–water partition coefficient (Wildman–Crippen LogP) is 32.4. The van der Waals surface area contributed by atoms with Gasteiger partial charge in [-0.15, -0.1) is 0 Å². The predicted molar refractivity (Wildman–Crippen MR) is 498 cm³/mol. The Hall–Kier alpha value is -12.2. The van der Waals surface area contributed by atoms with Crippen molar-refractivity contribution in [3.05, 3.63) is 391 Å². The molecule has 0 saturated carbocycles. The molecule has 0 heteroatoms. The Labute approximate surface area is 662 Å². The van der Waals surface area contributed by atoms with Crippen LogP contribution in [0, 0.1) is 125 Å². The molecule has 550 valence electrons. The first kappa shape index (κ1) is 75.2. The molecule has 0 atom stereocenters. The summed E-state index contributed by atoms with van der Waals surface area (Å²) in [7, 11) is 0. The zero-order valence-electron chi connectivity index (χ0n) is 68.7. The van der Waals surface area contributed by atoms with Crippen molar-refractivity contribution in [3.8, 4) is 0 Å². The molecule has 0 nitrogen and oxygen atoms in total. The molecule has 0 aliphatic heterocycles. The minimum atomic E-state index is 1.32. The molecule has 0 bridgehead atoms. The minimum absolute atomic E-state index is 1.32. The Morgan fingerprint density at radius 2 is 0.402 bits per heavy atom. The third-order valence-corrected chi connectivity index (χ3v) is 24.6. The van der Waals surface area contributed by atoms with Crippen LogP contribution in [0.1, 0.15) is 100 Å². The third kappa shape index (κ3) is 14.6. The van der Waals surface area contributed by atoms with E-state index < -0.39 is 0 Å². The first-order chi connectivity index (χ1) is 54.0. The molecule has 21 aromatic rings. The molecule has 112 heavy (non-hydrogen) atoms. The minimum Gasteiger partial charge on any atom is -0.0616 e. The van der Waals surface area contributed by atoms with Gasteiger partial charge in [-0.1, -0.05) is 278 Å². The quantitative estimate of drug-likeness (QED) is 0.105. The topological polar surface area (TPSA) is 0 Å². The van der Waals surface area contributed by atoms with Gasteiger partial charge in [-0.05, 0) is 389 Å². The van der Waals surface area contributed by atoms with Gasteiger partial charge in [-0.25, -0.2) is 0 Å². The SMILES string of the molecule is Cc1c(C)c(C)c(C)c(C)c1C.Cc1cc2cccc3c(C)cc4cccc1c4c23.Cc1ccc(C)c2cc3ccccc3cc12.Cc1ccc2c(c1)cc(C)c1ccccc12.Cc1ccc2cc3cc(C)ccc3cc2c1.Cc1ccc2ccc3c(C)ccc4ccc1c2c43.Cc1cccc2c(C)c3ccccc3cc12. The van der Waals surface area contributed by atoms with Crippen molar-refractivity contribution in [2.75, 3.05) is 0 Å². The Bertz CT molecular complexity index is 6780. The molecule has 21 rings (SSSR count). The molecule has 0 fully saturated rings. The number of benzene rings is 21. The number of aryl methyl sites for hydroxylation is 12. The van der Waals surface area contributed by atoms with Crippen molar-refractivity contribution in [2.45, 2.75) is 125 Å². The second-order valence-corrected chi connectivity index (χ2v) is 32.0. The fourth-order valence-electron chi connectivity index (χ4n) is 17.4. The molecule has 0 N–H and O–H groups in total. The highest BCUT2D eigenvalue weighted by Gasteiger charge is 2.15. The van der Waals surface area contributed by atoms with Crippen LogP contribution in [-0.4, -0.2) is 0 Å². The van der Waals surface area contributed by atoms with Crippen LogP contribution in [0.3, 0.4) is 0 Å². The third-order valence-electron chi connectivity index (χ3n) is 24.6. The second-order valence-electron chi connectivity index (χ2n) is 32.0. The van der Waals surface area contributed by atoms with Crippen LogP contribution in [-0.2, 0) is 0 Å². The van der Waals surface area contributed by atoms with Crippen LogP contribution in [0.25, 0.3) is 151 Å². The maximum Gasteiger partial charge on any atom is -0.00239 e. The zero-order valence-corrected chi connectivity index (χ0v) is 68.7. The van der Waals surface area contributed by atoms with E-state index in [-0.39, 0.29) is 0 Å². The number of hydrogen-bond acceptors (Lipinski definition) is 0. The summed E-state index contributed by atoms with van der Waals surface area (Å²) < 4.78 is 0. The Kier molecular flexibility index (Phi) is 21.0. The lowest BCUT2D eigenvalue weighted by atomic mass is 9.90. The average Bonchev–Trinajstić information content (AvgIpc) is 0.743. The van der Waals surface area contributed by atoms with Crippen LogP contribution >= 0.6 is 0 Å². The van der Waals surface area contributed by atoms with E-state index >= 15 is 0 Å². The van der Waals surface area contributed by atoms with E-state index in [1.807, 2.05) is 0 Å². The van der Waals surface area contributed by atoms with Gasteiger partial charge in [0.15, 0.2) is 0 Å². The molecule has 0 unspecified atom stereocenters. The fourth-order valence-corrected chi connectivity index (χ4v) is 17.4. The summed E-state index contributed by atoms with van der Waals surface area (Å²) >= 11 is 0. The van der Waals surface area contributed by atoms with E-state index in [1.54, 1.807) is 0 Å². The standard InChI is InChI=1S/2C18H14.4C16H14.C12H18/c1-11-9-13-5-4-8-16-12(2)10-14-6-3-7-15(11)17(14)18(13)16;1-11-3-5-13-8-10-16-12(2)4-6-14-7-9-15(11)17(13)18(14)16;1-11-3-5-13-10-16-8-12(2)4-6-14(16)9-15(13)7-11;1-11-6-5-9-15-12(2)14-8-4-3-7-13(14)10-16(11)15;1-11-7-8-12(2)16-10-14-6-4-3-5-13(14)9-15(11)16;1-11-7-8-15-13(9-11)10-12(2)14-5-3-4-6-16(14)15;1-7-8(2)10(4)12(6)11(5)9(7)3/h2*3-10H,1-2H3;4*3-10H,1-2H3;1-6H3. The summed E-state index contributed by atoms with van der Waals surface area (Å²) in [5.41, 5.74) is 24.9. The van der Waals surface area contributed by atoms with Crippen LogP contribution < -0.4 is 0 Å². The summed E-state index contributed by atoms with van der Waals surface area (Å²) in [4.78, 5) is 0. The van der Waals surface area contributed by atoms with Crippen molar-refractivity contribution >= 4 is 151 Å². The van der Waals surface area contributed by atoms with Gasteiger partial charge in [0.05, 0.1) is 0 Å². The molecule has 0 aliphatic carbocycles. The Morgan fingerprint density at radius 3 is 0.893 bits per heavy atom. The molecule has 0 saturated heterocycles. The van der Waals surface area contributed by atoms with Crippen molar-refractivity contribution in [3.63, 3.8) is 0 Å². The first-order valence-corrected chi connectivity index (χ1v) is 39.9. The van der Waals surface area contributed by atoms with E-state index in [0.717, 1.165) is 0 Å². The Balaban J connectivity index is 0.000000104. The largest absolute Gasteiger partial charge is 0.0616 e. The molecule has 0 aliphatic rings. The van der Waals surface area contributed by atoms with E-state index in [2.05, 4.69) is 416 Å². The van der Waals surface area contributed by atoms with Crippen molar-refractivity contribution < 1.29 is 0 Å². The van der Waals surface area contributed by atoms with E-state index in [4.69, 9.17) is 0 Å². The summed E-state index contributed by atoms with van der Waals surface area (Å²) in [5.74, 6) is 0. The maximum atomic E-state index is 2.31. The van der Waals surface area contributed by atoms with Crippen LogP contribution in [0.4, 0.5) is 0 Å². The van der Waals surface area contributed by atoms with Gasteiger partial charge in [0, 0.05) is 0 Å². The molecule has 0 spiro atoms. The van der Waals surface area contributed by atoms with Gasteiger partial charge in [0.1, 0.15) is 0 Å². The average molecular weight is 1450 g/mol. The summed E-state index contributed by atoms with van der Waals surface area (Å²) in [6.07, 6.45) is 0. The van der Waals surface area contributed by atoms with Crippen LogP contribution in [0.15, 0.2) is 291 Å². The van der Waals surface area contributed by atoms with Crippen LogP contribution in [0.5, 0.6) is 0 Å². The summed E-state index contributed by atoms with van der Waals surface area (Å²) in [6, 6.07) is 106.